The van der Waals surface area contributed by atoms with Crippen molar-refractivity contribution in [2.24, 2.45) is 0 Å². The molecule has 0 saturated carbocycles. The van der Waals surface area contributed by atoms with Gasteiger partial charge < -0.3 is 9.88 Å². The highest BCUT2D eigenvalue weighted by Crippen LogP contribution is 2.25. The van der Waals surface area contributed by atoms with E-state index in [9.17, 15) is 4.79 Å². The molecule has 0 spiro atoms. The molecule has 0 aliphatic carbocycles. The van der Waals surface area contributed by atoms with Gasteiger partial charge in [-0.15, -0.1) is 10.2 Å². The molecule has 0 unspecified atom stereocenters. The van der Waals surface area contributed by atoms with E-state index in [4.69, 9.17) is 0 Å². The highest BCUT2D eigenvalue weighted by Gasteiger charge is 2.05. The van der Waals surface area contributed by atoms with Gasteiger partial charge in [0.1, 0.15) is 0 Å². The first-order valence-electron chi connectivity index (χ1n) is 4.99. The van der Waals surface area contributed by atoms with Crippen molar-refractivity contribution in [1.82, 2.24) is 14.8 Å². The average molecular weight is 288 g/mol. The summed E-state index contributed by atoms with van der Waals surface area (Å²) in [5.41, 5.74) is 1.02. The van der Waals surface area contributed by atoms with E-state index in [1.807, 2.05) is 19.4 Å². The second kappa shape index (κ2) is 5.65. The minimum atomic E-state index is 0.108. The van der Waals surface area contributed by atoms with Gasteiger partial charge in [-0.2, -0.15) is 0 Å². The lowest BCUT2D eigenvalue weighted by molar-refractivity contribution is 0.731. The van der Waals surface area contributed by atoms with Gasteiger partial charge in [-0.25, -0.2) is 0 Å². The van der Waals surface area contributed by atoms with E-state index in [1.165, 1.54) is 22.7 Å². The summed E-state index contributed by atoms with van der Waals surface area (Å²) < 4.78 is 2.72. The summed E-state index contributed by atoms with van der Waals surface area (Å²) in [6, 6.07) is 0. The van der Waals surface area contributed by atoms with Gasteiger partial charge in [-0.3, -0.25) is 4.79 Å². The number of nitrogens with one attached hydrogen (secondary N) is 1. The Bertz CT molecular complexity index is 544. The van der Waals surface area contributed by atoms with E-state index >= 15 is 0 Å². The van der Waals surface area contributed by atoms with Crippen LogP contribution >= 0.6 is 34.4 Å². The minimum Gasteiger partial charge on any atom is -0.363 e. The largest absolute Gasteiger partial charge is 0.363 e. The van der Waals surface area contributed by atoms with Gasteiger partial charge >= 0.3 is 4.87 Å². The first-order valence-corrected chi connectivity index (χ1v) is 7.68. The average Bonchev–Trinajstić information content (AvgIpc) is 2.90. The van der Waals surface area contributed by atoms with E-state index in [1.54, 1.807) is 16.3 Å². The maximum atomic E-state index is 11.5. The van der Waals surface area contributed by atoms with Gasteiger partial charge in [0.25, 0.3) is 0 Å². The van der Waals surface area contributed by atoms with Crippen LogP contribution in [0.3, 0.4) is 0 Å². The summed E-state index contributed by atoms with van der Waals surface area (Å²) in [5, 5.41) is 13.6. The molecular weight excluding hydrogens is 276 g/mol. The monoisotopic (exact) mass is 288 g/mol. The quantitative estimate of drug-likeness (QED) is 0.852. The Morgan fingerprint density at radius 2 is 2.35 bits per heavy atom. The number of anilines is 1. The van der Waals surface area contributed by atoms with Crippen LogP contribution in [0.5, 0.6) is 0 Å². The summed E-state index contributed by atoms with van der Waals surface area (Å²) in [4.78, 5) is 11.6. The van der Waals surface area contributed by atoms with Gasteiger partial charge in [0, 0.05) is 30.4 Å². The first-order chi connectivity index (χ1) is 8.20. The third-order valence-electron chi connectivity index (χ3n) is 2.14. The van der Waals surface area contributed by atoms with Gasteiger partial charge in [-0.05, 0) is 6.92 Å². The van der Waals surface area contributed by atoms with Crippen LogP contribution in [0.15, 0.2) is 14.5 Å². The number of rotatable bonds is 5. The molecule has 2 aromatic rings. The summed E-state index contributed by atoms with van der Waals surface area (Å²) >= 11 is 4.39. The lowest BCUT2D eigenvalue weighted by atomic mass is 10.5. The molecule has 0 aromatic carbocycles. The lowest BCUT2D eigenvalue weighted by Gasteiger charge is -2.01. The van der Waals surface area contributed by atoms with Crippen LogP contribution in [0.25, 0.3) is 0 Å². The number of aryl methyl sites for hydroxylation is 1. The molecule has 0 fully saturated rings. The molecule has 0 radical (unpaired) electrons. The van der Waals surface area contributed by atoms with E-state index in [0.29, 0.717) is 6.54 Å². The number of hydrogen-bond acceptors (Lipinski definition) is 7. The molecular formula is C9H12N4OS3. The topological polar surface area (TPSA) is 59.8 Å². The summed E-state index contributed by atoms with van der Waals surface area (Å²) in [6.45, 7) is 2.67. The standard InChI is InChI=1S/C9H12N4OS3/c1-6-5-16-9(14)13(6)3-4-15-8-12-11-7(10-2)17-8/h5H,3-4H2,1-2H3,(H,10,11). The maximum absolute atomic E-state index is 11.5. The molecule has 2 aromatic heterocycles. The van der Waals surface area contributed by atoms with Crippen LogP contribution in [0.1, 0.15) is 5.69 Å². The Labute approximate surface area is 111 Å². The van der Waals surface area contributed by atoms with Crippen LogP contribution in [0.2, 0.25) is 0 Å². The minimum absolute atomic E-state index is 0.108. The third-order valence-corrected chi connectivity index (χ3v) is 5.07. The summed E-state index contributed by atoms with van der Waals surface area (Å²) in [5.74, 6) is 0.829. The van der Waals surface area contributed by atoms with Gasteiger partial charge in [0.15, 0.2) is 4.34 Å². The van der Waals surface area contributed by atoms with Gasteiger partial charge in [0.05, 0.1) is 0 Å². The van der Waals surface area contributed by atoms with Crippen molar-refractivity contribution in [3.63, 3.8) is 0 Å². The van der Waals surface area contributed by atoms with Crippen molar-refractivity contribution in [2.45, 2.75) is 17.8 Å². The normalized spacial score (nSPS) is 10.7. The maximum Gasteiger partial charge on any atom is 0.307 e. The summed E-state index contributed by atoms with van der Waals surface area (Å²) in [6.07, 6.45) is 0. The number of nitrogens with zero attached hydrogens (tertiary/aromatic N) is 3. The van der Waals surface area contributed by atoms with Crippen molar-refractivity contribution < 1.29 is 0 Å². The Morgan fingerprint density at radius 3 is 2.94 bits per heavy atom. The zero-order valence-corrected chi connectivity index (χ0v) is 11.9. The van der Waals surface area contributed by atoms with E-state index < -0.39 is 0 Å². The predicted octanol–water partition coefficient (Wildman–Crippen LogP) is 1.90. The number of thioether (sulfide) groups is 1. The van der Waals surface area contributed by atoms with Gasteiger partial charge in [-0.1, -0.05) is 34.4 Å². The Balaban J connectivity index is 1.89. The Morgan fingerprint density at radius 1 is 1.53 bits per heavy atom. The van der Waals surface area contributed by atoms with Crippen molar-refractivity contribution in [1.29, 1.82) is 0 Å². The number of hydrogen-bond donors (Lipinski definition) is 1. The Hall–Kier alpha value is -0.860. The zero-order valence-electron chi connectivity index (χ0n) is 9.47. The zero-order chi connectivity index (χ0) is 12.3. The van der Waals surface area contributed by atoms with Crippen molar-refractivity contribution in [2.75, 3.05) is 18.1 Å². The molecule has 1 N–H and O–H groups in total. The van der Waals surface area contributed by atoms with Crippen molar-refractivity contribution in [3.05, 3.63) is 20.7 Å². The number of thiazole rings is 1. The molecule has 2 rings (SSSR count). The van der Waals surface area contributed by atoms with Crippen LogP contribution in [0.4, 0.5) is 5.13 Å². The number of aromatic nitrogens is 3. The fraction of sp³-hybridized carbons (Fsp3) is 0.444. The van der Waals surface area contributed by atoms with Crippen LogP contribution in [-0.4, -0.2) is 27.6 Å². The van der Waals surface area contributed by atoms with E-state index in [2.05, 4.69) is 15.5 Å². The fourth-order valence-electron chi connectivity index (χ4n) is 1.27. The fourth-order valence-corrected chi connectivity index (χ4v) is 3.73. The highest BCUT2D eigenvalue weighted by molar-refractivity contribution is 8.01. The van der Waals surface area contributed by atoms with Crippen LogP contribution in [0, 0.1) is 6.92 Å². The molecule has 0 atom stereocenters. The SMILES string of the molecule is CNc1nnc(SCCn2c(C)csc2=O)s1. The molecule has 5 nitrogen and oxygen atoms in total. The Kier molecular flexibility index (Phi) is 4.19. The van der Waals surface area contributed by atoms with Crippen LogP contribution < -0.4 is 10.2 Å². The molecule has 2 heterocycles. The van der Waals surface area contributed by atoms with E-state index in [-0.39, 0.29) is 4.87 Å². The first kappa shape index (κ1) is 12.6. The molecule has 0 aliphatic heterocycles. The second-order valence-electron chi connectivity index (χ2n) is 3.27. The predicted molar refractivity (Wildman–Crippen MR) is 73.5 cm³/mol. The highest BCUT2D eigenvalue weighted by atomic mass is 32.2. The van der Waals surface area contributed by atoms with Crippen molar-refractivity contribution in [3.8, 4) is 0 Å². The van der Waals surface area contributed by atoms with Crippen LogP contribution in [-0.2, 0) is 6.54 Å². The second-order valence-corrected chi connectivity index (χ2v) is 6.41. The molecule has 0 saturated heterocycles. The molecule has 8 heteroatoms. The molecule has 92 valence electrons. The molecule has 0 aliphatic rings. The molecule has 0 bridgehead atoms. The van der Waals surface area contributed by atoms with Crippen molar-refractivity contribution >= 4 is 39.6 Å². The van der Waals surface area contributed by atoms with Gasteiger partial charge in [0.2, 0.25) is 5.13 Å². The lowest BCUT2D eigenvalue weighted by Crippen LogP contribution is -2.15. The molecule has 17 heavy (non-hydrogen) atoms. The summed E-state index contributed by atoms with van der Waals surface area (Å²) in [7, 11) is 1.82. The van der Waals surface area contributed by atoms with E-state index in [0.717, 1.165) is 20.9 Å². The smallest absolute Gasteiger partial charge is 0.307 e. The molecule has 0 amide bonds. The third kappa shape index (κ3) is 3.08.